The van der Waals surface area contributed by atoms with Crippen LogP contribution in [0.15, 0.2) is 15.9 Å². The van der Waals surface area contributed by atoms with Crippen LogP contribution in [0.5, 0.6) is 0 Å². The third kappa shape index (κ3) is 3.83. The van der Waals surface area contributed by atoms with Gasteiger partial charge in [-0.3, -0.25) is 4.79 Å². The first kappa shape index (κ1) is 12.5. The van der Waals surface area contributed by atoms with Crippen molar-refractivity contribution in [1.29, 1.82) is 0 Å². The van der Waals surface area contributed by atoms with Gasteiger partial charge in [-0.05, 0) is 12.8 Å². The monoisotopic (exact) mass is 245 g/mol. The highest BCUT2D eigenvalue weighted by atomic mass is 32.2. The lowest BCUT2D eigenvalue weighted by Gasteiger charge is -2.16. The van der Waals surface area contributed by atoms with Gasteiger partial charge >= 0.3 is 5.97 Å². The van der Waals surface area contributed by atoms with E-state index < -0.39 is 0 Å². The number of thioether (sulfide) groups is 1. The van der Waals surface area contributed by atoms with Crippen LogP contribution in [-0.4, -0.2) is 22.8 Å². The molecule has 1 atom stereocenters. The summed E-state index contributed by atoms with van der Waals surface area (Å²) >= 11 is 3.03. The average Bonchev–Trinajstić information content (AvgIpc) is 2.66. The Kier molecular flexibility index (Phi) is 5.11. The van der Waals surface area contributed by atoms with E-state index in [4.69, 9.17) is 4.74 Å². The SMILES string of the molecule is CCOC(=O)[C@H](Sc1nccs1)C(C)C. The molecule has 3 nitrogen and oxygen atoms in total. The van der Waals surface area contributed by atoms with Crippen molar-refractivity contribution in [3.63, 3.8) is 0 Å². The minimum atomic E-state index is -0.156. The van der Waals surface area contributed by atoms with Gasteiger partial charge in [-0.1, -0.05) is 25.6 Å². The Morgan fingerprint density at radius 1 is 1.67 bits per heavy atom. The average molecular weight is 245 g/mol. The second kappa shape index (κ2) is 6.12. The van der Waals surface area contributed by atoms with Crippen LogP contribution in [0, 0.1) is 5.92 Å². The van der Waals surface area contributed by atoms with Gasteiger partial charge in [-0.25, -0.2) is 4.98 Å². The molecule has 0 spiro atoms. The van der Waals surface area contributed by atoms with Crippen molar-refractivity contribution in [2.24, 2.45) is 5.92 Å². The molecule has 0 saturated carbocycles. The summed E-state index contributed by atoms with van der Waals surface area (Å²) in [6.45, 7) is 6.29. The van der Waals surface area contributed by atoms with Gasteiger partial charge < -0.3 is 4.74 Å². The molecule has 1 heterocycles. The lowest BCUT2D eigenvalue weighted by molar-refractivity contribution is -0.143. The molecular weight excluding hydrogens is 230 g/mol. The smallest absolute Gasteiger partial charge is 0.319 e. The fraction of sp³-hybridized carbons (Fsp3) is 0.600. The second-order valence-electron chi connectivity index (χ2n) is 3.33. The van der Waals surface area contributed by atoms with Gasteiger partial charge in [0.1, 0.15) is 5.25 Å². The molecule has 1 rings (SSSR count). The van der Waals surface area contributed by atoms with Crippen LogP contribution in [0.25, 0.3) is 0 Å². The highest BCUT2D eigenvalue weighted by molar-refractivity contribution is 8.02. The molecule has 0 unspecified atom stereocenters. The first-order valence-corrected chi connectivity index (χ1v) is 6.63. The molecule has 84 valence electrons. The van der Waals surface area contributed by atoms with E-state index in [1.807, 2.05) is 26.2 Å². The fourth-order valence-corrected chi connectivity index (χ4v) is 2.89. The van der Waals surface area contributed by atoms with Crippen LogP contribution >= 0.6 is 23.1 Å². The van der Waals surface area contributed by atoms with Crippen molar-refractivity contribution >= 4 is 29.1 Å². The van der Waals surface area contributed by atoms with E-state index in [1.165, 1.54) is 11.8 Å². The van der Waals surface area contributed by atoms with E-state index >= 15 is 0 Å². The molecule has 0 radical (unpaired) electrons. The fourth-order valence-electron chi connectivity index (χ4n) is 1.06. The van der Waals surface area contributed by atoms with Gasteiger partial charge in [0.2, 0.25) is 0 Å². The number of ether oxygens (including phenoxy) is 1. The van der Waals surface area contributed by atoms with Gasteiger partial charge in [0, 0.05) is 11.6 Å². The van der Waals surface area contributed by atoms with E-state index in [2.05, 4.69) is 4.98 Å². The molecule has 5 heteroatoms. The highest BCUT2D eigenvalue weighted by Gasteiger charge is 2.25. The Hall–Kier alpha value is -0.550. The van der Waals surface area contributed by atoms with Crippen molar-refractivity contribution in [3.8, 4) is 0 Å². The zero-order chi connectivity index (χ0) is 11.3. The summed E-state index contributed by atoms with van der Waals surface area (Å²) in [4.78, 5) is 15.8. The summed E-state index contributed by atoms with van der Waals surface area (Å²) < 4.78 is 5.95. The Morgan fingerprint density at radius 3 is 2.87 bits per heavy atom. The molecular formula is C10H15NO2S2. The molecule has 1 aromatic heterocycles. The third-order valence-electron chi connectivity index (χ3n) is 1.76. The molecule has 0 fully saturated rings. The van der Waals surface area contributed by atoms with E-state index in [-0.39, 0.29) is 17.1 Å². The van der Waals surface area contributed by atoms with Crippen LogP contribution < -0.4 is 0 Å². The lowest BCUT2D eigenvalue weighted by Crippen LogP contribution is -2.25. The van der Waals surface area contributed by atoms with E-state index in [0.717, 1.165) is 4.34 Å². The normalized spacial score (nSPS) is 12.8. The summed E-state index contributed by atoms with van der Waals surface area (Å²) in [5.41, 5.74) is 0. The number of carbonyl (C=O) groups is 1. The number of hydrogen-bond acceptors (Lipinski definition) is 5. The number of carbonyl (C=O) groups excluding carboxylic acids is 1. The van der Waals surface area contributed by atoms with Crippen molar-refractivity contribution in [2.75, 3.05) is 6.61 Å². The van der Waals surface area contributed by atoms with Crippen LogP contribution in [0.3, 0.4) is 0 Å². The molecule has 0 saturated heterocycles. The summed E-state index contributed by atoms with van der Waals surface area (Å²) in [6.07, 6.45) is 1.75. The summed E-state index contributed by atoms with van der Waals surface area (Å²) in [5, 5.41) is 1.75. The molecule has 0 N–H and O–H groups in total. The molecule has 0 bridgehead atoms. The predicted molar refractivity (Wildman–Crippen MR) is 63.2 cm³/mol. The number of aromatic nitrogens is 1. The molecule has 0 aliphatic heterocycles. The topological polar surface area (TPSA) is 39.2 Å². The van der Waals surface area contributed by atoms with E-state index in [1.54, 1.807) is 17.5 Å². The molecule has 1 aromatic rings. The number of hydrogen-bond donors (Lipinski definition) is 0. The largest absolute Gasteiger partial charge is 0.465 e. The number of esters is 1. The van der Waals surface area contributed by atoms with E-state index in [9.17, 15) is 4.79 Å². The van der Waals surface area contributed by atoms with Crippen molar-refractivity contribution in [2.45, 2.75) is 30.4 Å². The minimum absolute atomic E-state index is 0.146. The van der Waals surface area contributed by atoms with Crippen LogP contribution in [-0.2, 0) is 9.53 Å². The number of nitrogens with zero attached hydrogens (tertiary/aromatic N) is 1. The van der Waals surface area contributed by atoms with Gasteiger partial charge in [0.25, 0.3) is 0 Å². The molecule has 0 amide bonds. The molecule has 0 aliphatic rings. The third-order valence-corrected chi connectivity index (χ3v) is 4.20. The summed E-state index contributed by atoms with van der Waals surface area (Å²) in [5.74, 6) is 0.102. The quantitative estimate of drug-likeness (QED) is 0.590. The van der Waals surface area contributed by atoms with Gasteiger partial charge in [0.05, 0.1) is 6.61 Å². The Bertz CT molecular complexity index is 298. The maximum absolute atomic E-state index is 11.6. The van der Waals surface area contributed by atoms with Crippen LogP contribution in [0.2, 0.25) is 0 Å². The second-order valence-corrected chi connectivity index (χ2v) is 5.62. The van der Waals surface area contributed by atoms with Gasteiger partial charge in [-0.15, -0.1) is 11.3 Å². The first-order valence-electron chi connectivity index (χ1n) is 4.88. The summed E-state index contributed by atoms with van der Waals surface area (Å²) in [6, 6.07) is 0. The Labute approximate surface area is 98.2 Å². The lowest BCUT2D eigenvalue weighted by atomic mass is 10.1. The number of rotatable bonds is 5. The van der Waals surface area contributed by atoms with Crippen LogP contribution in [0.4, 0.5) is 0 Å². The zero-order valence-electron chi connectivity index (χ0n) is 9.10. The first-order chi connectivity index (χ1) is 7.15. The van der Waals surface area contributed by atoms with Crippen LogP contribution in [0.1, 0.15) is 20.8 Å². The van der Waals surface area contributed by atoms with Crippen molar-refractivity contribution in [3.05, 3.63) is 11.6 Å². The molecule has 0 aliphatic carbocycles. The van der Waals surface area contributed by atoms with Crippen molar-refractivity contribution in [1.82, 2.24) is 4.98 Å². The molecule has 0 aromatic carbocycles. The van der Waals surface area contributed by atoms with E-state index in [0.29, 0.717) is 6.61 Å². The Balaban J connectivity index is 2.62. The zero-order valence-corrected chi connectivity index (χ0v) is 10.7. The maximum Gasteiger partial charge on any atom is 0.319 e. The Morgan fingerprint density at radius 2 is 2.40 bits per heavy atom. The maximum atomic E-state index is 11.6. The standard InChI is InChI=1S/C10H15NO2S2/c1-4-13-9(12)8(7(2)3)15-10-11-5-6-14-10/h5-8H,4H2,1-3H3/t8-/m1/s1. The van der Waals surface area contributed by atoms with Crippen molar-refractivity contribution < 1.29 is 9.53 Å². The minimum Gasteiger partial charge on any atom is -0.465 e. The van der Waals surface area contributed by atoms with Gasteiger partial charge in [-0.2, -0.15) is 0 Å². The number of thiazole rings is 1. The summed E-state index contributed by atoms with van der Waals surface area (Å²) in [7, 11) is 0. The van der Waals surface area contributed by atoms with Gasteiger partial charge in [0.15, 0.2) is 4.34 Å². The predicted octanol–water partition coefficient (Wildman–Crippen LogP) is 2.82. The molecule has 15 heavy (non-hydrogen) atoms. The highest BCUT2D eigenvalue weighted by Crippen LogP contribution is 2.30.